The first-order valence-electron chi connectivity index (χ1n) is 42.4. The van der Waals surface area contributed by atoms with Gasteiger partial charge in [-0.3, -0.25) is 9.78 Å². The van der Waals surface area contributed by atoms with E-state index in [1.807, 2.05) is 48.5 Å². The van der Waals surface area contributed by atoms with Gasteiger partial charge in [0.2, 0.25) is 0 Å². The van der Waals surface area contributed by atoms with Crippen LogP contribution in [0, 0.1) is 0 Å². The number of furan rings is 2. The largest absolute Gasteiger partial charge is 1.00 e. The Morgan fingerprint density at radius 3 is 0.767 bits per heavy atom. The van der Waals surface area contributed by atoms with Crippen LogP contribution in [0.2, 0.25) is 15.2 Å². The van der Waals surface area contributed by atoms with Gasteiger partial charge < -0.3 is 30.5 Å². The van der Waals surface area contributed by atoms with Gasteiger partial charge >= 0.3 is 110 Å². The van der Waals surface area contributed by atoms with Crippen LogP contribution >= 0.6 is 66.5 Å². The Bertz CT molecular complexity index is 5870. The second-order valence-corrected chi connectivity index (χ2v) is 40.1. The van der Waals surface area contributed by atoms with Gasteiger partial charge in [-0.2, -0.15) is 0 Å². The van der Waals surface area contributed by atoms with Crippen LogP contribution in [0.25, 0.3) is 55.1 Å². The number of nitrogens with zero attached hydrogens (tertiary/aromatic N) is 2. The maximum atomic E-state index is 9.42. The molecule has 20 aromatic rings. The van der Waals surface area contributed by atoms with E-state index in [0.717, 1.165) is 55.1 Å². The van der Waals surface area contributed by atoms with Crippen LogP contribution in [0.4, 0.5) is 0 Å². The summed E-state index contributed by atoms with van der Waals surface area (Å²) in [5, 5.41) is 50.0. The molecule has 0 unspecified atom stereocenters. The van der Waals surface area contributed by atoms with Gasteiger partial charge in [-0.15, -0.1) is 0 Å². The Morgan fingerprint density at radius 1 is 0.316 bits per heavy atom. The molecule has 4 heterocycles. The minimum absolute atomic E-state index is 0. The van der Waals surface area contributed by atoms with Crippen molar-refractivity contribution in [2.45, 2.75) is 39.5 Å². The molecule has 0 aliphatic carbocycles. The molecule has 0 fully saturated rings. The number of hydrogen-bond acceptors (Lipinski definition) is 9. The number of benzene rings is 16. The molecule has 0 spiro atoms. The Hall–Kier alpha value is -8.64. The van der Waals surface area contributed by atoms with Crippen LogP contribution in [0.1, 0.15) is 52.1 Å². The SMILES string of the molecule is CC(C)c1cccc2c1oc1c(-c3cc(Cl)ccn3)cccc12.CC(C)c1cccc2c1oc1c(B(O)O)cccc12.Clc1ccnc(Cl)c1.O=CO[O-].[H-].[K+].[K+].[Pd].c1ccc(P(c2ccccc2)c2ccccc2)cc1.c1ccc(P(c2ccccc2)c2ccccc2)cc1.c1ccc(P(c2ccccc2)c2ccccc2)cc1.c1ccc(P(c2ccccc2)c2ccccc2)cc1. The van der Waals surface area contributed by atoms with Gasteiger partial charge in [0.05, 0.1) is 5.69 Å². The zero-order valence-electron chi connectivity index (χ0n) is 75.4. The number of fused-ring (bicyclic) bond motifs is 6. The van der Waals surface area contributed by atoms with E-state index in [-0.39, 0.29) is 131 Å². The van der Waals surface area contributed by atoms with Crippen molar-refractivity contribution in [1.82, 2.24) is 9.97 Å². The van der Waals surface area contributed by atoms with Crippen molar-refractivity contribution >= 4 is 193 Å². The molecule has 20 rings (SSSR count). The van der Waals surface area contributed by atoms with E-state index in [1.165, 1.54) is 69.2 Å². The van der Waals surface area contributed by atoms with Crippen molar-refractivity contribution in [2.75, 3.05) is 0 Å². The third kappa shape index (κ3) is 30.4. The van der Waals surface area contributed by atoms with Gasteiger partial charge in [0, 0.05) is 75.4 Å². The number of halogens is 3. The van der Waals surface area contributed by atoms with E-state index >= 15 is 0 Å². The van der Waals surface area contributed by atoms with E-state index in [4.69, 9.17) is 53.7 Å². The Labute approximate surface area is 900 Å². The molecule has 2 N–H and O–H groups in total. The summed E-state index contributed by atoms with van der Waals surface area (Å²) in [6.07, 6.45) is 3.28. The molecule has 0 saturated carbocycles. The average molecular weight is 2020 g/mol. The summed E-state index contributed by atoms with van der Waals surface area (Å²) in [5.41, 5.74) is 7.78. The summed E-state index contributed by atoms with van der Waals surface area (Å²) in [5.74, 6) is 0.763. The minimum atomic E-state index is -1.52. The number of para-hydroxylation sites is 4. The Balaban J connectivity index is 0.000000175. The zero-order chi connectivity index (χ0) is 90.6. The first-order chi connectivity index (χ1) is 63.7. The third-order valence-corrected chi connectivity index (χ3v) is 31.0. The maximum absolute atomic E-state index is 9.42. The van der Waals surface area contributed by atoms with E-state index < -0.39 is 38.8 Å². The predicted octanol–water partition coefficient (Wildman–Crippen LogP) is 17.5. The molecule has 0 radical (unpaired) electrons. The van der Waals surface area contributed by atoms with Gasteiger partial charge in [0.25, 0.3) is 6.47 Å². The molecule has 656 valence electrons. The number of rotatable bonds is 17. The van der Waals surface area contributed by atoms with Crippen LogP contribution in [0.3, 0.4) is 0 Å². The smallest absolute Gasteiger partial charge is 1.00 e. The van der Waals surface area contributed by atoms with E-state index in [0.29, 0.717) is 38.1 Å². The molecule has 0 aliphatic heterocycles. The first kappa shape index (κ1) is 106. The van der Waals surface area contributed by atoms with Crippen molar-refractivity contribution in [2.24, 2.45) is 0 Å². The molecule has 9 nitrogen and oxygen atoms in total. The number of pyridine rings is 2. The molecule has 133 heavy (non-hydrogen) atoms. The topological polar surface area (TPSA) is 142 Å². The summed E-state index contributed by atoms with van der Waals surface area (Å²) >= 11 is 17.1. The van der Waals surface area contributed by atoms with Crippen LogP contribution in [0.15, 0.2) is 482 Å². The summed E-state index contributed by atoms with van der Waals surface area (Å²) in [7, 11) is -3.31. The monoisotopic (exact) mass is 2020 g/mol. The Kier molecular flexibility index (Phi) is 45.4. The molecule has 20 heteroatoms. The van der Waals surface area contributed by atoms with Gasteiger partial charge in [-0.25, -0.2) is 4.98 Å². The summed E-state index contributed by atoms with van der Waals surface area (Å²) < 4.78 is 12.2. The molecule has 16 aromatic carbocycles. The summed E-state index contributed by atoms with van der Waals surface area (Å²) in [6, 6.07) is 160. The summed E-state index contributed by atoms with van der Waals surface area (Å²) in [4.78, 5) is 19.4. The van der Waals surface area contributed by atoms with Crippen molar-refractivity contribution in [1.29, 1.82) is 0 Å². The minimum Gasteiger partial charge on any atom is -1.00 e. The fraction of sp³-hybridized carbons (Fsp3) is 0.0531. The van der Waals surface area contributed by atoms with Crippen LogP contribution in [0.5, 0.6) is 0 Å². The van der Waals surface area contributed by atoms with Crippen molar-refractivity contribution in [3.8, 4) is 11.3 Å². The molecule has 0 bridgehead atoms. The first-order valence-corrected chi connectivity index (χ1v) is 48.9. The molecular weight excluding hydrogens is 1920 g/mol. The van der Waals surface area contributed by atoms with E-state index in [9.17, 15) is 10.0 Å². The molecule has 0 aliphatic rings. The van der Waals surface area contributed by atoms with Gasteiger partial charge in [0.1, 0.15) is 27.5 Å². The molecule has 4 aromatic heterocycles. The normalized spacial score (nSPS) is 10.4. The summed E-state index contributed by atoms with van der Waals surface area (Å²) in [6.45, 7) is 8.41. The quantitative estimate of drug-likeness (QED) is 0.0228. The average Bonchev–Trinajstić information content (AvgIpc) is 1.61. The fourth-order valence-corrected chi connectivity index (χ4v) is 24.4. The van der Waals surface area contributed by atoms with Crippen LogP contribution in [-0.2, 0) is 30.1 Å². The van der Waals surface area contributed by atoms with Crippen molar-refractivity contribution in [3.05, 3.63) is 500 Å². The van der Waals surface area contributed by atoms with Crippen LogP contribution in [-0.4, -0.2) is 33.6 Å². The maximum Gasteiger partial charge on any atom is 1.00 e. The molecule has 0 saturated heterocycles. The Morgan fingerprint density at radius 2 is 0.541 bits per heavy atom. The van der Waals surface area contributed by atoms with Gasteiger partial charge in [0.15, 0.2) is 0 Å². The molecular formula is C113H96BCl3K2N2O7P4Pd. The van der Waals surface area contributed by atoms with Gasteiger partial charge in [-0.1, -0.05) is 493 Å². The second-order valence-electron chi connectivity index (χ2n) is 30.0. The van der Waals surface area contributed by atoms with Crippen molar-refractivity contribution in [3.63, 3.8) is 0 Å². The molecule has 0 amide bonds. The van der Waals surface area contributed by atoms with E-state index in [2.05, 4.69) is 431 Å². The van der Waals surface area contributed by atoms with E-state index in [1.54, 1.807) is 36.7 Å². The molecule has 0 atom stereocenters. The van der Waals surface area contributed by atoms with Crippen molar-refractivity contribution < 1.29 is 158 Å². The number of aromatic nitrogens is 2. The van der Waals surface area contributed by atoms with Crippen LogP contribution < -0.4 is 177 Å². The zero-order valence-corrected chi connectivity index (χ0v) is 88.1. The standard InChI is InChI=1S/C20H16ClNO.4C18H15P.C15H15BO3.C5H3Cl2N.CH2O3.2K.Pd.H/c1-12(2)14-5-3-6-15-16-7-4-8-17(20(16)23-19(14)15)18-11-13(21)9-10-22-18;4*1-4-10-16(11-5-1)19(17-12-6-2-7-13-17)18-14-8-3-9-15-18;1-9(2)10-5-3-6-11-12-7-4-8-13(16(17)18)15(12)19-14(10)11;6-4-1-2-8-5(7)3-4;2-1-4-3;;;;/h3-12H,1-2H3;4*1-15H;3-9,17-18H,1-2H3;1-3H;1,3H;;;;/q;;;;;;;;2*+1;;-1/p-1. The second kappa shape index (κ2) is 56.8. The third-order valence-electron chi connectivity index (χ3n) is 20.6. The number of carbonyl (C=O) groups is 1. The number of carbonyl (C=O) groups excluding carboxylic acids is 1. The van der Waals surface area contributed by atoms with Gasteiger partial charge in [-0.05, 0) is 149 Å². The number of hydrogen-bond donors (Lipinski definition) is 2. The fourth-order valence-electron chi connectivity index (χ4n) is 14.7. The predicted molar refractivity (Wildman–Crippen MR) is 557 cm³/mol.